The Morgan fingerprint density at radius 3 is 2.26 bits per heavy atom. The van der Waals surface area contributed by atoms with Crippen molar-refractivity contribution in [3.8, 4) is 0 Å². The van der Waals surface area contributed by atoms with Gasteiger partial charge in [0.05, 0.1) is 18.4 Å². The Morgan fingerprint density at radius 1 is 1.11 bits per heavy atom. The van der Waals surface area contributed by atoms with E-state index in [2.05, 4.69) is 33.9 Å². The predicted octanol–water partition coefficient (Wildman–Crippen LogP) is -0.355. The Hall–Kier alpha value is -1.11. The number of anilines is 1. The van der Waals surface area contributed by atoms with Crippen LogP contribution in [0.5, 0.6) is 0 Å². The van der Waals surface area contributed by atoms with Crippen LogP contribution < -0.4 is 5.73 Å². The number of rotatable bonds is 6. The molecule has 0 saturated carbocycles. The van der Waals surface area contributed by atoms with Crippen LogP contribution in [-0.2, 0) is 6.54 Å². The molecular formula is C13H26N6. The van der Waals surface area contributed by atoms with E-state index in [1.807, 2.05) is 10.9 Å². The van der Waals surface area contributed by atoms with Gasteiger partial charge in [-0.2, -0.15) is 5.10 Å². The van der Waals surface area contributed by atoms with Crippen molar-refractivity contribution in [2.24, 2.45) is 0 Å². The molecule has 0 bridgehead atoms. The summed E-state index contributed by atoms with van der Waals surface area (Å²) in [4.78, 5) is 7.29. The van der Waals surface area contributed by atoms with Gasteiger partial charge in [-0.25, -0.2) is 0 Å². The molecule has 0 spiro atoms. The summed E-state index contributed by atoms with van der Waals surface area (Å²) >= 11 is 0. The van der Waals surface area contributed by atoms with E-state index in [4.69, 9.17) is 5.73 Å². The number of hydrogen-bond acceptors (Lipinski definition) is 5. The Bertz CT molecular complexity index is 367. The summed E-state index contributed by atoms with van der Waals surface area (Å²) < 4.78 is 1.92. The zero-order valence-electron chi connectivity index (χ0n) is 12.1. The van der Waals surface area contributed by atoms with Crippen molar-refractivity contribution in [2.75, 3.05) is 65.6 Å². The number of aromatic nitrogens is 2. The molecule has 0 aromatic carbocycles. The lowest BCUT2D eigenvalue weighted by molar-refractivity contribution is 0.121. The van der Waals surface area contributed by atoms with Crippen molar-refractivity contribution in [3.05, 3.63) is 12.4 Å². The molecule has 2 N–H and O–H groups in total. The minimum atomic E-state index is 0.744. The lowest BCUT2D eigenvalue weighted by atomic mass is 10.3. The zero-order chi connectivity index (χ0) is 13.7. The van der Waals surface area contributed by atoms with Crippen LogP contribution in [0.2, 0.25) is 0 Å². The molecule has 6 nitrogen and oxygen atoms in total. The van der Waals surface area contributed by atoms with Crippen LogP contribution in [-0.4, -0.2) is 84.4 Å². The van der Waals surface area contributed by atoms with E-state index in [-0.39, 0.29) is 0 Å². The first-order valence-electron chi connectivity index (χ1n) is 7.01. The molecule has 0 radical (unpaired) electrons. The van der Waals surface area contributed by atoms with Crippen molar-refractivity contribution in [3.63, 3.8) is 0 Å². The first-order chi connectivity index (χ1) is 9.13. The van der Waals surface area contributed by atoms with Gasteiger partial charge in [0.2, 0.25) is 0 Å². The van der Waals surface area contributed by atoms with Crippen LogP contribution in [0.15, 0.2) is 12.4 Å². The number of piperazine rings is 1. The van der Waals surface area contributed by atoms with Gasteiger partial charge in [0.1, 0.15) is 0 Å². The van der Waals surface area contributed by atoms with Crippen LogP contribution in [0.1, 0.15) is 0 Å². The van der Waals surface area contributed by atoms with E-state index in [0.717, 1.165) is 38.4 Å². The number of nitrogens with two attached hydrogens (primary N) is 1. The van der Waals surface area contributed by atoms with Crippen molar-refractivity contribution in [1.29, 1.82) is 0 Å². The topological polar surface area (TPSA) is 53.6 Å². The van der Waals surface area contributed by atoms with Crippen molar-refractivity contribution in [1.82, 2.24) is 24.5 Å². The second-order valence-corrected chi connectivity index (χ2v) is 5.52. The molecule has 1 saturated heterocycles. The standard InChI is InChI=1S/C13H26N6/c1-16(2)3-4-17-5-7-18(8-6-17)9-10-19-12-13(14)11-15-19/h11-12H,3-10,14H2,1-2H3. The lowest BCUT2D eigenvalue weighted by Gasteiger charge is -2.35. The van der Waals surface area contributed by atoms with Crippen LogP contribution in [0.3, 0.4) is 0 Å². The summed E-state index contributed by atoms with van der Waals surface area (Å²) in [5.41, 5.74) is 6.40. The highest BCUT2D eigenvalue weighted by Gasteiger charge is 2.16. The van der Waals surface area contributed by atoms with Gasteiger partial charge in [0, 0.05) is 52.0 Å². The SMILES string of the molecule is CN(C)CCN1CCN(CCn2cc(N)cn2)CC1. The van der Waals surface area contributed by atoms with Crippen molar-refractivity contribution >= 4 is 5.69 Å². The maximum absolute atomic E-state index is 5.66. The van der Waals surface area contributed by atoms with E-state index < -0.39 is 0 Å². The fraction of sp³-hybridized carbons (Fsp3) is 0.769. The van der Waals surface area contributed by atoms with E-state index in [9.17, 15) is 0 Å². The van der Waals surface area contributed by atoms with E-state index in [1.165, 1.54) is 19.6 Å². The average Bonchev–Trinajstić information content (AvgIpc) is 2.81. The Morgan fingerprint density at radius 2 is 1.74 bits per heavy atom. The normalized spacial score (nSPS) is 18.3. The summed E-state index contributed by atoms with van der Waals surface area (Å²) in [6.45, 7) is 8.97. The average molecular weight is 266 g/mol. The fourth-order valence-corrected chi connectivity index (χ4v) is 2.32. The molecule has 1 aliphatic rings. The number of nitrogen functional groups attached to an aromatic ring is 1. The third-order valence-corrected chi connectivity index (χ3v) is 3.63. The predicted molar refractivity (Wildman–Crippen MR) is 78.1 cm³/mol. The smallest absolute Gasteiger partial charge is 0.0719 e. The number of hydrogen-bond donors (Lipinski definition) is 1. The maximum Gasteiger partial charge on any atom is 0.0719 e. The zero-order valence-corrected chi connectivity index (χ0v) is 12.1. The third kappa shape index (κ3) is 4.81. The molecule has 0 unspecified atom stereocenters. The van der Waals surface area contributed by atoms with Gasteiger partial charge in [-0.05, 0) is 14.1 Å². The largest absolute Gasteiger partial charge is 0.396 e. The van der Waals surface area contributed by atoms with Crippen LogP contribution in [0, 0.1) is 0 Å². The molecule has 2 rings (SSSR count). The number of likely N-dealkylation sites (N-methyl/N-ethyl adjacent to an activating group) is 1. The second-order valence-electron chi connectivity index (χ2n) is 5.52. The van der Waals surface area contributed by atoms with E-state index >= 15 is 0 Å². The molecular weight excluding hydrogens is 240 g/mol. The van der Waals surface area contributed by atoms with Gasteiger partial charge in [-0.1, -0.05) is 0 Å². The summed E-state index contributed by atoms with van der Waals surface area (Å²) in [7, 11) is 4.26. The van der Waals surface area contributed by atoms with Gasteiger partial charge in [-0.15, -0.1) is 0 Å². The third-order valence-electron chi connectivity index (χ3n) is 3.63. The summed E-state index contributed by atoms with van der Waals surface area (Å²) in [5.74, 6) is 0. The molecule has 1 aromatic heterocycles. The minimum Gasteiger partial charge on any atom is -0.396 e. The maximum atomic E-state index is 5.66. The Balaban J connectivity index is 1.63. The Kier molecular flexibility index (Phi) is 5.18. The van der Waals surface area contributed by atoms with Crippen molar-refractivity contribution < 1.29 is 0 Å². The van der Waals surface area contributed by atoms with Crippen LogP contribution in [0.4, 0.5) is 5.69 Å². The molecule has 0 atom stereocenters. The monoisotopic (exact) mass is 266 g/mol. The summed E-state index contributed by atoms with van der Waals surface area (Å²) in [6, 6.07) is 0. The van der Waals surface area contributed by atoms with Crippen LogP contribution in [0.25, 0.3) is 0 Å². The van der Waals surface area contributed by atoms with Gasteiger partial charge in [-0.3, -0.25) is 14.5 Å². The van der Waals surface area contributed by atoms with Crippen LogP contribution >= 0.6 is 0 Å². The fourth-order valence-electron chi connectivity index (χ4n) is 2.32. The molecule has 1 aromatic rings. The quantitative estimate of drug-likeness (QED) is 0.762. The van der Waals surface area contributed by atoms with Gasteiger partial charge in [0.25, 0.3) is 0 Å². The molecule has 108 valence electrons. The van der Waals surface area contributed by atoms with E-state index in [0.29, 0.717) is 0 Å². The first kappa shape index (κ1) is 14.3. The second kappa shape index (κ2) is 6.88. The molecule has 0 aliphatic carbocycles. The molecule has 6 heteroatoms. The highest BCUT2D eigenvalue weighted by atomic mass is 15.3. The van der Waals surface area contributed by atoms with Gasteiger partial charge in [0.15, 0.2) is 0 Å². The molecule has 0 amide bonds. The molecule has 1 aliphatic heterocycles. The highest BCUT2D eigenvalue weighted by molar-refractivity contribution is 5.30. The molecule has 19 heavy (non-hydrogen) atoms. The first-order valence-corrected chi connectivity index (χ1v) is 7.01. The summed E-state index contributed by atoms with van der Waals surface area (Å²) in [6.07, 6.45) is 3.60. The van der Waals surface area contributed by atoms with Crippen molar-refractivity contribution in [2.45, 2.75) is 6.54 Å². The molecule has 2 heterocycles. The Labute approximate surface area is 115 Å². The highest BCUT2D eigenvalue weighted by Crippen LogP contribution is 2.03. The van der Waals surface area contributed by atoms with Gasteiger partial charge < -0.3 is 10.6 Å². The molecule has 1 fully saturated rings. The van der Waals surface area contributed by atoms with E-state index in [1.54, 1.807) is 6.20 Å². The summed E-state index contributed by atoms with van der Waals surface area (Å²) in [5, 5.41) is 4.21. The number of nitrogens with zero attached hydrogens (tertiary/aromatic N) is 5. The van der Waals surface area contributed by atoms with Gasteiger partial charge >= 0.3 is 0 Å². The lowest BCUT2D eigenvalue weighted by Crippen LogP contribution is -2.48. The minimum absolute atomic E-state index is 0.744.